The molecule has 2 rings (SSSR count). The lowest BCUT2D eigenvalue weighted by Crippen LogP contribution is -2.27. The van der Waals surface area contributed by atoms with Crippen molar-refractivity contribution in [3.05, 3.63) is 36.3 Å². The number of hydrazine groups is 1. The summed E-state index contributed by atoms with van der Waals surface area (Å²) in [7, 11) is 0. The normalized spacial score (nSPS) is 14.8. The Morgan fingerprint density at radius 1 is 1.55 bits per heavy atom. The van der Waals surface area contributed by atoms with Gasteiger partial charge in [-0.25, -0.2) is 5.84 Å². The Hall–Kier alpha value is -1.35. The maximum Gasteiger partial charge on any atom is 0.0786 e. The molecule has 0 amide bonds. The first-order chi connectivity index (χ1) is 5.38. The monoisotopic (exact) mass is 147 g/mol. The molecule has 1 aliphatic heterocycles. The molecule has 0 bridgehead atoms. The van der Waals surface area contributed by atoms with Gasteiger partial charge in [0, 0.05) is 18.8 Å². The minimum absolute atomic E-state index is 0.879. The van der Waals surface area contributed by atoms with E-state index in [1.54, 1.807) is 11.2 Å². The molecule has 56 valence electrons. The molecule has 1 aromatic rings. The number of aromatic nitrogens is 1. The van der Waals surface area contributed by atoms with E-state index in [9.17, 15) is 0 Å². The summed E-state index contributed by atoms with van der Waals surface area (Å²) in [6.07, 6.45) is 6.51. The Morgan fingerprint density at radius 2 is 2.45 bits per heavy atom. The largest absolute Gasteiger partial charge is 0.285 e. The van der Waals surface area contributed by atoms with E-state index in [1.807, 2.05) is 24.4 Å². The maximum absolute atomic E-state index is 5.65. The van der Waals surface area contributed by atoms with E-state index < -0.39 is 0 Å². The van der Waals surface area contributed by atoms with Gasteiger partial charge in [0.15, 0.2) is 0 Å². The standard InChI is InChI=1S/C8H9N3/c9-11-6-2-3-7-8(11)4-1-5-10-7/h1-2,4-6H,3,9H2. The lowest BCUT2D eigenvalue weighted by Gasteiger charge is -2.19. The van der Waals surface area contributed by atoms with E-state index in [1.165, 1.54) is 0 Å². The number of hydrogen-bond acceptors (Lipinski definition) is 3. The molecule has 2 N–H and O–H groups in total. The molecule has 1 aliphatic rings. The van der Waals surface area contributed by atoms with Crippen LogP contribution in [0.5, 0.6) is 0 Å². The van der Waals surface area contributed by atoms with Crippen molar-refractivity contribution in [2.45, 2.75) is 6.42 Å². The van der Waals surface area contributed by atoms with Gasteiger partial charge in [-0.15, -0.1) is 0 Å². The van der Waals surface area contributed by atoms with E-state index in [0.29, 0.717) is 0 Å². The van der Waals surface area contributed by atoms with Crippen LogP contribution in [0.2, 0.25) is 0 Å². The van der Waals surface area contributed by atoms with Crippen molar-refractivity contribution in [1.82, 2.24) is 4.98 Å². The third kappa shape index (κ3) is 0.991. The van der Waals surface area contributed by atoms with E-state index in [2.05, 4.69) is 4.98 Å². The minimum Gasteiger partial charge on any atom is -0.285 e. The highest BCUT2D eigenvalue weighted by Gasteiger charge is 2.08. The van der Waals surface area contributed by atoms with Crippen molar-refractivity contribution in [3.8, 4) is 0 Å². The molecule has 0 atom stereocenters. The van der Waals surface area contributed by atoms with Crippen molar-refractivity contribution in [2.75, 3.05) is 5.01 Å². The van der Waals surface area contributed by atoms with Gasteiger partial charge in [-0.1, -0.05) is 6.08 Å². The fraction of sp³-hybridized carbons (Fsp3) is 0.125. The van der Waals surface area contributed by atoms with Crippen LogP contribution in [0.3, 0.4) is 0 Å². The number of nitrogens with two attached hydrogens (primary N) is 1. The highest BCUT2D eigenvalue weighted by molar-refractivity contribution is 5.54. The summed E-state index contributed by atoms with van der Waals surface area (Å²) in [5.41, 5.74) is 2.03. The molecule has 0 saturated carbocycles. The zero-order chi connectivity index (χ0) is 7.68. The van der Waals surface area contributed by atoms with Crippen LogP contribution in [-0.4, -0.2) is 4.98 Å². The Kier molecular flexibility index (Phi) is 1.36. The smallest absolute Gasteiger partial charge is 0.0786 e. The highest BCUT2D eigenvalue weighted by atomic mass is 15.4. The van der Waals surface area contributed by atoms with Gasteiger partial charge in [0.05, 0.1) is 11.4 Å². The summed E-state index contributed by atoms with van der Waals surface area (Å²) in [5, 5.41) is 1.59. The lowest BCUT2D eigenvalue weighted by molar-refractivity contribution is 0.970. The molecule has 0 saturated heterocycles. The Labute approximate surface area is 65.1 Å². The second kappa shape index (κ2) is 2.36. The number of anilines is 1. The van der Waals surface area contributed by atoms with Crippen LogP contribution in [0.4, 0.5) is 5.69 Å². The first-order valence-electron chi connectivity index (χ1n) is 3.52. The average molecular weight is 147 g/mol. The summed E-state index contributed by atoms with van der Waals surface area (Å²) in [5.74, 6) is 5.65. The molecule has 3 heteroatoms. The van der Waals surface area contributed by atoms with Crippen LogP contribution in [-0.2, 0) is 6.42 Å². The van der Waals surface area contributed by atoms with Crippen molar-refractivity contribution in [3.63, 3.8) is 0 Å². The topological polar surface area (TPSA) is 42.1 Å². The van der Waals surface area contributed by atoms with Gasteiger partial charge in [-0.05, 0) is 12.1 Å². The average Bonchev–Trinajstić information content (AvgIpc) is 2.06. The molecule has 3 nitrogen and oxygen atoms in total. The first kappa shape index (κ1) is 6.37. The van der Waals surface area contributed by atoms with Crippen LogP contribution >= 0.6 is 0 Å². The molecule has 0 unspecified atom stereocenters. The van der Waals surface area contributed by atoms with Gasteiger partial charge in [0.25, 0.3) is 0 Å². The van der Waals surface area contributed by atoms with Crippen LogP contribution in [0.25, 0.3) is 0 Å². The maximum atomic E-state index is 5.65. The minimum atomic E-state index is 0.879. The van der Waals surface area contributed by atoms with E-state index in [4.69, 9.17) is 5.84 Å². The molecule has 0 aromatic carbocycles. The van der Waals surface area contributed by atoms with Gasteiger partial charge in [0.1, 0.15) is 0 Å². The van der Waals surface area contributed by atoms with Gasteiger partial charge in [-0.3, -0.25) is 9.99 Å². The highest BCUT2D eigenvalue weighted by Crippen LogP contribution is 2.19. The number of rotatable bonds is 0. The summed E-state index contributed by atoms with van der Waals surface area (Å²) in [6, 6.07) is 3.85. The molecule has 11 heavy (non-hydrogen) atoms. The SMILES string of the molecule is NN1C=CCc2ncccc21. The molecular weight excluding hydrogens is 138 g/mol. The first-order valence-corrected chi connectivity index (χ1v) is 3.52. The van der Waals surface area contributed by atoms with Crippen LogP contribution in [0.1, 0.15) is 5.69 Å². The second-order valence-corrected chi connectivity index (χ2v) is 2.47. The van der Waals surface area contributed by atoms with Gasteiger partial charge < -0.3 is 0 Å². The summed E-state index contributed by atoms with van der Waals surface area (Å²) in [6.45, 7) is 0. The fourth-order valence-electron chi connectivity index (χ4n) is 1.18. The zero-order valence-electron chi connectivity index (χ0n) is 6.07. The third-order valence-corrected chi connectivity index (χ3v) is 1.72. The lowest BCUT2D eigenvalue weighted by atomic mass is 10.2. The zero-order valence-corrected chi connectivity index (χ0v) is 6.07. The van der Waals surface area contributed by atoms with Crippen LogP contribution < -0.4 is 10.9 Å². The molecule has 1 aromatic heterocycles. The number of nitrogens with zero attached hydrogens (tertiary/aromatic N) is 2. The number of hydrogen-bond donors (Lipinski definition) is 1. The van der Waals surface area contributed by atoms with Gasteiger partial charge in [0.2, 0.25) is 0 Å². The van der Waals surface area contributed by atoms with E-state index in [0.717, 1.165) is 17.8 Å². The molecular formula is C8H9N3. The molecule has 0 radical (unpaired) electrons. The predicted octanol–water partition coefficient (Wildman–Crippen LogP) is 0.831. The van der Waals surface area contributed by atoms with Crippen molar-refractivity contribution < 1.29 is 0 Å². The van der Waals surface area contributed by atoms with Crippen molar-refractivity contribution in [2.24, 2.45) is 5.84 Å². The van der Waals surface area contributed by atoms with Crippen molar-refractivity contribution in [1.29, 1.82) is 0 Å². The van der Waals surface area contributed by atoms with Crippen molar-refractivity contribution >= 4 is 5.69 Å². The van der Waals surface area contributed by atoms with Gasteiger partial charge in [-0.2, -0.15) is 0 Å². The van der Waals surface area contributed by atoms with Crippen LogP contribution in [0, 0.1) is 0 Å². The third-order valence-electron chi connectivity index (χ3n) is 1.72. The summed E-state index contributed by atoms with van der Waals surface area (Å²) < 4.78 is 0. The van der Waals surface area contributed by atoms with Gasteiger partial charge >= 0.3 is 0 Å². The Balaban J connectivity index is 2.50. The quantitative estimate of drug-likeness (QED) is 0.553. The Bertz CT molecular complexity index is 293. The molecule has 0 spiro atoms. The summed E-state index contributed by atoms with van der Waals surface area (Å²) >= 11 is 0. The number of pyridine rings is 1. The number of allylic oxidation sites excluding steroid dienone is 1. The second-order valence-electron chi connectivity index (χ2n) is 2.47. The van der Waals surface area contributed by atoms with Crippen LogP contribution in [0.15, 0.2) is 30.6 Å². The predicted molar refractivity (Wildman–Crippen MR) is 43.7 cm³/mol. The fourth-order valence-corrected chi connectivity index (χ4v) is 1.18. The Morgan fingerprint density at radius 3 is 3.27 bits per heavy atom. The molecule has 2 heterocycles. The summed E-state index contributed by atoms with van der Waals surface area (Å²) in [4.78, 5) is 4.20. The molecule has 0 fully saturated rings. The number of fused-ring (bicyclic) bond motifs is 1. The molecule has 0 aliphatic carbocycles. The van der Waals surface area contributed by atoms with E-state index >= 15 is 0 Å². The van der Waals surface area contributed by atoms with E-state index in [-0.39, 0.29) is 0 Å².